The highest BCUT2D eigenvalue weighted by molar-refractivity contribution is 5.99. The molecule has 1 aromatic rings. The lowest BCUT2D eigenvalue weighted by Gasteiger charge is -2.34. The summed E-state index contributed by atoms with van der Waals surface area (Å²) in [5, 5.41) is 11.3. The van der Waals surface area contributed by atoms with Crippen LogP contribution < -0.4 is 5.32 Å². The molecule has 0 bridgehead atoms. The van der Waals surface area contributed by atoms with E-state index in [1.54, 1.807) is 20.1 Å². The molecule has 3 rings (SSSR count). The zero-order valence-electron chi connectivity index (χ0n) is 18.2. The maximum atomic E-state index is 13.8. The number of guanidine groups is 1. The molecule has 166 valence electrons. The van der Waals surface area contributed by atoms with Gasteiger partial charge in [0.2, 0.25) is 5.96 Å². The summed E-state index contributed by atoms with van der Waals surface area (Å²) < 4.78 is 46.5. The summed E-state index contributed by atoms with van der Waals surface area (Å²) >= 11 is 0. The maximum Gasteiger partial charge on any atom is 0.208 e. The standard InChI is InChI=1S/C23H27F3N4O/c1-13(27)19(11-23(3,4)31-5)29-22-28-14(2)16-7-6-8-20(16)30(22)12-15-9-17(24)21(26)18(25)10-15/h9-11,27H,2,6-8,12H2,1,3-5H3,(H,28,29)/b19-11+,27-13?. The lowest BCUT2D eigenvalue weighted by Crippen LogP contribution is -2.44. The average molecular weight is 432 g/mol. The Balaban J connectivity index is 2.08. The van der Waals surface area contributed by atoms with Crippen LogP contribution in [0.5, 0.6) is 0 Å². The molecule has 2 aliphatic rings. The first kappa shape index (κ1) is 22.8. The molecular formula is C23H27F3N4O. The minimum atomic E-state index is -1.49. The number of nitrogens with one attached hydrogen (secondary N) is 2. The lowest BCUT2D eigenvalue weighted by molar-refractivity contribution is 0.0651. The molecule has 1 heterocycles. The van der Waals surface area contributed by atoms with Crippen LogP contribution in [-0.2, 0) is 11.3 Å². The number of hydrogen-bond donors (Lipinski definition) is 2. The molecule has 0 saturated carbocycles. The van der Waals surface area contributed by atoms with Crippen LogP contribution >= 0.6 is 0 Å². The normalized spacial score (nSPS) is 18.5. The number of ether oxygens (including phenoxy) is 1. The molecule has 0 fully saturated rings. The summed E-state index contributed by atoms with van der Waals surface area (Å²) in [6.45, 7) is 9.49. The largest absolute Gasteiger partial charge is 0.375 e. The van der Waals surface area contributed by atoms with E-state index in [0.717, 1.165) is 42.7 Å². The molecule has 1 aliphatic carbocycles. The zero-order valence-corrected chi connectivity index (χ0v) is 18.2. The Bertz CT molecular complexity index is 1000. The first-order valence-corrected chi connectivity index (χ1v) is 10.0. The van der Waals surface area contributed by atoms with Gasteiger partial charge in [-0.3, -0.25) is 0 Å². The second-order valence-corrected chi connectivity index (χ2v) is 8.24. The van der Waals surface area contributed by atoms with Crippen LogP contribution in [0.25, 0.3) is 0 Å². The van der Waals surface area contributed by atoms with Crippen LogP contribution in [0.1, 0.15) is 45.6 Å². The minimum Gasteiger partial charge on any atom is -0.375 e. The summed E-state index contributed by atoms with van der Waals surface area (Å²) in [6.07, 6.45) is 4.25. The van der Waals surface area contributed by atoms with Gasteiger partial charge < -0.3 is 20.4 Å². The van der Waals surface area contributed by atoms with Crippen LogP contribution in [-0.4, -0.2) is 29.3 Å². The fourth-order valence-corrected chi connectivity index (χ4v) is 3.62. The van der Waals surface area contributed by atoms with Gasteiger partial charge in [-0.1, -0.05) is 6.58 Å². The SMILES string of the molecule is C=C1NC(=N/C(=C/C(C)(C)OC)C(C)=N)N(Cc2cc(F)c(F)c(F)c2)C2=C1CCC2. The first-order valence-electron chi connectivity index (χ1n) is 10.0. The van der Waals surface area contributed by atoms with Crippen molar-refractivity contribution in [1.29, 1.82) is 5.41 Å². The Labute approximate surface area is 180 Å². The lowest BCUT2D eigenvalue weighted by atomic mass is 10.1. The van der Waals surface area contributed by atoms with Crippen LogP contribution in [0.3, 0.4) is 0 Å². The van der Waals surface area contributed by atoms with E-state index in [1.807, 2.05) is 18.7 Å². The molecule has 0 unspecified atom stereocenters. The topological polar surface area (TPSA) is 60.7 Å². The molecule has 0 saturated heterocycles. The van der Waals surface area contributed by atoms with E-state index < -0.39 is 23.1 Å². The number of rotatable bonds is 6. The van der Waals surface area contributed by atoms with E-state index in [0.29, 0.717) is 17.4 Å². The van der Waals surface area contributed by atoms with Crippen LogP contribution in [0.2, 0.25) is 0 Å². The van der Waals surface area contributed by atoms with Crippen molar-refractivity contribution >= 4 is 11.7 Å². The third-order valence-electron chi connectivity index (χ3n) is 5.40. The van der Waals surface area contributed by atoms with Crippen LogP contribution in [0.4, 0.5) is 13.2 Å². The Morgan fingerprint density at radius 2 is 1.94 bits per heavy atom. The van der Waals surface area contributed by atoms with Crippen LogP contribution in [0, 0.1) is 22.9 Å². The number of hydrogen-bond acceptors (Lipinski definition) is 3. The fraction of sp³-hybridized carbons (Fsp3) is 0.391. The van der Waals surface area contributed by atoms with Gasteiger partial charge in [-0.15, -0.1) is 0 Å². The van der Waals surface area contributed by atoms with E-state index in [9.17, 15) is 13.2 Å². The van der Waals surface area contributed by atoms with E-state index in [1.165, 1.54) is 0 Å². The van der Waals surface area contributed by atoms with Gasteiger partial charge in [0.15, 0.2) is 17.5 Å². The third-order valence-corrected chi connectivity index (χ3v) is 5.40. The van der Waals surface area contributed by atoms with Gasteiger partial charge in [0, 0.05) is 18.5 Å². The molecule has 8 heteroatoms. The van der Waals surface area contributed by atoms with Crippen molar-refractivity contribution in [2.24, 2.45) is 4.99 Å². The summed E-state index contributed by atoms with van der Waals surface area (Å²) in [4.78, 5) is 6.47. The predicted molar refractivity (Wildman–Crippen MR) is 115 cm³/mol. The Morgan fingerprint density at radius 1 is 1.29 bits per heavy atom. The fourth-order valence-electron chi connectivity index (χ4n) is 3.62. The molecule has 5 nitrogen and oxygen atoms in total. The number of benzene rings is 1. The van der Waals surface area contributed by atoms with Crippen molar-refractivity contribution in [3.63, 3.8) is 0 Å². The summed E-state index contributed by atoms with van der Waals surface area (Å²) in [5.41, 5.74) is 2.95. The summed E-state index contributed by atoms with van der Waals surface area (Å²) in [6, 6.07) is 1.97. The van der Waals surface area contributed by atoms with Gasteiger partial charge in [0.1, 0.15) is 0 Å². The van der Waals surface area contributed by atoms with Crippen LogP contribution in [0.15, 0.2) is 52.4 Å². The number of halogens is 3. The number of nitrogens with zero attached hydrogens (tertiary/aromatic N) is 2. The van der Waals surface area contributed by atoms with Gasteiger partial charge in [0.25, 0.3) is 0 Å². The quantitative estimate of drug-likeness (QED) is 0.482. The van der Waals surface area contributed by atoms with Crippen molar-refractivity contribution in [3.05, 3.63) is 70.5 Å². The average Bonchev–Trinajstić information content (AvgIpc) is 3.18. The summed E-state index contributed by atoms with van der Waals surface area (Å²) in [7, 11) is 1.57. The maximum absolute atomic E-state index is 13.8. The number of allylic oxidation sites excluding steroid dienone is 3. The molecule has 0 atom stereocenters. The van der Waals surface area contributed by atoms with Crippen molar-refractivity contribution in [2.45, 2.75) is 52.2 Å². The molecule has 0 spiro atoms. The monoisotopic (exact) mass is 432 g/mol. The molecular weight excluding hydrogens is 405 g/mol. The van der Waals surface area contributed by atoms with Gasteiger partial charge in [0.05, 0.1) is 23.6 Å². The first-order chi connectivity index (χ1) is 14.5. The van der Waals surface area contributed by atoms with Gasteiger partial charge in [-0.2, -0.15) is 0 Å². The van der Waals surface area contributed by atoms with Gasteiger partial charge in [-0.25, -0.2) is 18.2 Å². The molecule has 1 aliphatic heterocycles. The highest BCUT2D eigenvalue weighted by atomic mass is 19.2. The number of methoxy groups -OCH3 is 1. The molecule has 2 N–H and O–H groups in total. The van der Waals surface area contributed by atoms with Gasteiger partial charge >= 0.3 is 0 Å². The minimum absolute atomic E-state index is 0.0874. The van der Waals surface area contributed by atoms with Gasteiger partial charge in [-0.05, 0) is 69.4 Å². The van der Waals surface area contributed by atoms with Crippen molar-refractivity contribution in [1.82, 2.24) is 10.2 Å². The van der Waals surface area contributed by atoms with Crippen molar-refractivity contribution in [3.8, 4) is 0 Å². The highest BCUT2D eigenvalue weighted by Crippen LogP contribution is 2.36. The van der Waals surface area contributed by atoms with Crippen molar-refractivity contribution < 1.29 is 17.9 Å². The third kappa shape index (κ3) is 4.90. The number of aliphatic imine (C=N–C) groups is 1. The second-order valence-electron chi connectivity index (χ2n) is 8.24. The highest BCUT2D eigenvalue weighted by Gasteiger charge is 2.31. The molecule has 0 radical (unpaired) electrons. The Kier molecular flexibility index (Phi) is 6.40. The van der Waals surface area contributed by atoms with Crippen molar-refractivity contribution in [2.75, 3.05) is 7.11 Å². The molecule has 0 amide bonds. The predicted octanol–water partition coefficient (Wildman–Crippen LogP) is 5.17. The Morgan fingerprint density at radius 3 is 2.52 bits per heavy atom. The Hall–Kier alpha value is -2.87. The van der Waals surface area contributed by atoms with E-state index >= 15 is 0 Å². The molecule has 1 aromatic carbocycles. The second kappa shape index (κ2) is 8.70. The molecule has 31 heavy (non-hydrogen) atoms. The summed E-state index contributed by atoms with van der Waals surface area (Å²) in [5.74, 6) is -3.57. The zero-order chi connectivity index (χ0) is 22.9. The van der Waals surface area contributed by atoms with E-state index in [4.69, 9.17) is 10.1 Å². The molecule has 0 aromatic heterocycles. The smallest absolute Gasteiger partial charge is 0.208 e. The van der Waals surface area contributed by atoms with E-state index in [-0.39, 0.29) is 17.8 Å². The van der Waals surface area contributed by atoms with E-state index in [2.05, 4.69) is 16.9 Å².